The summed E-state index contributed by atoms with van der Waals surface area (Å²) in [7, 11) is 3.92. The van der Waals surface area contributed by atoms with E-state index in [0.717, 1.165) is 6.54 Å². The summed E-state index contributed by atoms with van der Waals surface area (Å²) < 4.78 is 0. The second kappa shape index (κ2) is 8.37. The Labute approximate surface area is 145 Å². The summed E-state index contributed by atoms with van der Waals surface area (Å²) in [5.41, 5.74) is 0.402. The van der Waals surface area contributed by atoms with Gasteiger partial charge in [0.2, 0.25) is 0 Å². The number of nitrogens with zero attached hydrogens (tertiary/aromatic N) is 5. The summed E-state index contributed by atoms with van der Waals surface area (Å²) in [6.45, 7) is 1.15. The number of aromatic nitrogens is 2. The maximum Gasteiger partial charge on any atom is 0.292 e. The molecule has 0 radical (unpaired) electrons. The molecule has 2 rings (SSSR count). The molecule has 126 valence electrons. The maximum absolute atomic E-state index is 11.3. The number of anilines is 2. The van der Waals surface area contributed by atoms with E-state index in [9.17, 15) is 10.1 Å². The number of halogens is 1. The average molecular weight is 348 g/mol. The summed E-state index contributed by atoms with van der Waals surface area (Å²) >= 11 is 6.15. The summed E-state index contributed by atoms with van der Waals surface area (Å²) in [6.07, 6.45) is 6.88. The van der Waals surface area contributed by atoms with Crippen molar-refractivity contribution in [3.8, 4) is 0 Å². The lowest BCUT2D eigenvalue weighted by atomic mass is 10.2. The van der Waals surface area contributed by atoms with Gasteiger partial charge in [0.05, 0.1) is 4.92 Å². The van der Waals surface area contributed by atoms with Gasteiger partial charge < -0.3 is 9.80 Å². The van der Waals surface area contributed by atoms with Crippen molar-refractivity contribution in [3.63, 3.8) is 0 Å². The zero-order valence-electron chi connectivity index (χ0n) is 13.5. The van der Waals surface area contributed by atoms with Crippen LogP contribution in [0.3, 0.4) is 0 Å². The first kappa shape index (κ1) is 17.8. The highest BCUT2D eigenvalue weighted by atomic mass is 35.5. The summed E-state index contributed by atoms with van der Waals surface area (Å²) in [5, 5.41) is 11.5. The minimum Gasteiger partial charge on any atom is -0.314 e. The first-order chi connectivity index (χ1) is 11.5. The fourth-order valence-electron chi connectivity index (χ4n) is 2.11. The Morgan fingerprint density at radius 2 is 1.83 bits per heavy atom. The van der Waals surface area contributed by atoms with E-state index in [2.05, 4.69) is 9.97 Å². The van der Waals surface area contributed by atoms with Crippen LogP contribution in [0.25, 0.3) is 0 Å². The lowest BCUT2D eigenvalue weighted by Gasteiger charge is -2.22. The molecule has 0 saturated carbocycles. The number of likely N-dealkylation sites (N-methyl/N-ethyl adjacent to an activating group) is 1. The van der Waals surface area contributed by atoms with Crippen molar-refractivity contribution < 1.29 is 4.92 Å². The third kappa shape index (κ3) is 4.50. The number of hydrogen-bond acceptors (Lipinski definition) is 6. The van der Waals surface area contributed by atoms with Gasteiger partial charge in [-0.25, -0.2) is 9.97 Å². The summed E-state index contributed by atoms with van der Waals surface area (Å²) in [5.74, 6) is 0.378. The second-order valence-electron chi connectivity index (χ2n) is 5.26. The van der Waals surface area contributed by atoms with Crippen LogP contribution in [0.2, 0.25) is 5.15 Å². The zero-order chi connectivity index (χ0) is 17.5. The lowest BCUT2D eigenvalue weighted by molar-refractivity contribution is -0.384. The van der Waals surface area contributed by atoms with Gasteiger partial charge in [0.25, 0.3) is 5.69 Å². The van der Waals surface area contributed by atoms with Crippen LogP contribution in [0.5, 0.6) is 0 Å². The smallest absolute Gasteiger partial charge is 0.292 e. The predicted molar refractivity (Wildman–Crippen MR) is 94.8 cm³/mol. The molecule has 0 fully saturated rings. The highest BCUT2D eigenvalue weighted by Gasteiger charge is 2.22. The largest absolute Gasteiger partial charge is 0.314 e. The maximum atomic E-state index is 11.3. The average Bonchev–Trinajstić information content (AvgIpc) is 2.56. The molecule has 0 spiro atoms. The number of nitro groups is 1. The van der Waals surface area contributed by atoms with E-state index in [0.29, 0.717) is 18.1 Å². The number of nitro benzene ring substituents is 1. The van der Waals surface area contributed by atoms with E-state index in [-0.39, 0.29) is 10.8 Å². The van der Waals surface area contributed by atoms with Crippen LogP contribution in [0.4, 0.5) is 17.2 Å². The van der Waals surface area contributed by atoms with Crippen LogP contribution >= 0.6 is 11.6 Å². The second-order valence-corrected chi connectivity index (χ2v) is 5.62. The Balaban J connectivity index is 2.42. The zero-order valence-corrected chi connectivity index (χ0v) is 14.2. The molecule has 0 aliphatic rings. The number of hydrogen-bond donors (Lipinski definition) is 0. The topological polar surface area (TPSA) is 75.4 Å². The molecule has 1 aromatic carbocycles. The number of rotatable bonds is 7. The van der Waals surface area contributed by atoms with Gasteiger partial charge >= 0.3 is 0 Å². The SMILES string of the molecule is CN(C)C/C=C/CN(c1ccccc1[N+](=O)[O-])c1nccnc1Cl. The number of benzene rings is 1. The quantitative estimate of drug-likeness (QED) is 0.434. The molecule has 24 heavy (non-hydrogen) atoms. The standard InChI is InChI=1S/C16H18ClN5O2/c1-20(2)11-5-6-12-21(16-15(17)18-9-10-19-16)13-7-3-4-8-14(13)22(23)24/h3-10H,11-12H2,1-2H3/b6-5+. The third-order valence-electron chi connectivity index (χ3n) is 3.19. The van der Waals surface area contributed by atoms with Crippen LogP contribution in [0.1, 0.15) is 0 Å². The van der Waals surface area contributed by atoms with Crippen molar-refractivity contribution in [1.82, 2.24) is 14.9 Å². The minimum absolute atomic E-state index is 0.0137. The van der Waals surface area contributed by atoms with Gasteiger partial charge in [-0.05, 0) is 20.2 Å². The van der Waals surface area contributed by atoms with Gasteiger partial charge in [-0.1, -0.05) is 35.9 Å². The van der Waals surface area contributed by atoms with Crippen molar-refractivity contribution in [1.29, 1.82) is 0 Å². The highest BCUT2D eigenvalue weighted by molar-refractivity contribution is 6.31. The van der Waals surface area contributed by atoms with E-state index >= 15 is 0 Å². The van der Waals surface area contributed by atoms with Crippen LogP contribution in [-0.2, 0) is 0 Å². The van der Waals surface area contributed by atoms with Crippen LogP contribution < -0.4 is 4.90 Å². The first-order valence-electron chi connectivity index (χ1n) is 7.28. The van der Waals surface area contributed by atoms with Gasteiger partial charge in [-0.3, -0.25) is 10.1 Å². The Morgan fingerprint density at radius 3 is 2.50 bits per heavy atom. The van der Waals surface area contributed by atoms with Crippen molar-refractivity contribution in [2.75, 3.05) is 32.1 Å². The fourth-order valence-corrected chi connectivity index (χ4v) is 2.31. The molecule has 2 aromatic rings. The molecule has 1 aromatic heterocycles. The molecule has 0 bridgehead atoms. The molecule has 1 heterocycles. The van der Waals surface area contributed by atoms with Crippen molar-refractivity contribution in [2.45, 2.75) is 0 Å². The molecule has 0 atom stereocenters. The van der Waals surface area contributed by atoms with Crippen molar-refractivity contribution in [3.05, 3.63) is 64.1 Å². The normalized spacial score (nSPS) is 11.2. The Morgan fingerprint density at radius 1 is 1.17 bits per heavy atom. The number of para-hydroxylation sites is 2. The van der Waals surface area contributed by atoms with Gasteiger partial charge in [-0.15, -0.1) is 0 Å². The fraction of sp³-hybridized carbons (Fsp3) is 0.250. The van der Waals surface area contributed by atoms with E-state index in [4.69, 9.17) is 11.6 Å². The van der Waals surface area contributed by atoms with Crippen LogP contribution in [0, 0.1) is 10.1 Å². The van der Waals surface area contributed by atoms with Crippen molar-refractivity contribution in [2.24, 2.45) is 0 Å². The van der Waals surface area contributed by atoms with E-state index in [1.165, 1.54) is 18.5 Å². The Bertz CT molecular complexity index is 736. The summed E-state index contributed by atoms with van der Waals surface area (Å²) in [4.78, 5) is 22.9. The first-order valence-corrected chi connectivity index (χ1v) is 7.65. The monoisotopic (exact) mass is 347 g/mol. The molecule has 0 unspecified atom stereocenters. The van der Waals surface area contributed by atoms with Crippen LogP contribution in [0.15, 0.2) is 48.8 Å². The van der Waals surface area contributed by atoms with Crippen molar-refractivity contribution >= 4 is 28.8 Å². The minimum atomic E-state index is -0.420. The molecule has 0 saturated heterocycles. The molecule has 0 aliphatic heterocycles. The molecule has 7 nitrogen and oxygen atoms in total. The molecule has 8 heteroatoms. The third-order valence-corrected chi connectivity index (χ3v) is 3.45. The van der Waals surface area contributed by atoms with Gasteiger partial charge in [0.1, 0.15) is 5.69 Å². The highest BCUT2D eigenvalue weighted by Crippen LogP contribution is 2.34. The summed E-state index contributed by atoms with van der Waals surface area (Å²) in [6, 6.07) is 6.49. The lowest BCUT2D eigenvalue weighted by Crippen LogP contribution is -2.20. The Kier molecular flexibility index (Phi) is 6.22. The van der Waals surface area contributed by atoms with Gasteiger partial charge in [0.15, 0.2) is 11.0 Å². The molecular formula is C16H18ClN5O2. The molecule has 0 N–H and O–H groups in total. The predicted octanol–water partition coefficient (Wildman–Crippen LogP) is 3.29. The van der Waals surface area contributed by atoms with Crippen LogP contribution in [-0.4, -0.2) is 47.0 Å². The van der Waals surface area contributed by atoms with E-state index < -0.39 is 4.92 Å². The molecule has 0 amide bonds. The molecule has 0 aliphatic carbocycles. The van der Waals surface area contributed by atoms with Gasteiger partial charge in [0, 0.05) is 31.5 Å². The van der Waals surface area contributed by atoms with E-state index in [1.54, 1.807) is 23.1 Å². The van der Waals surface area contributed by atoms with Gasteiger partial charge in [-0.2, -0.15) is 0 Å². The Hall–Kier alpha value is -2.51. The van der Waals surface area contributed by atoms with E-state index in [1.807, 2.05) is 31.1 Å². The molecular weight excluding hydrogens is 330 g/mol.